The maximum absolute atomic E-state index is 13.7. The number of esters is 1. The number of fused-ring (bicyclic) bond motifs is 1. The quantitative estimate of drug-likeness (QED) is 0.436. The molecular formula is C27H29N3O5S. The van der Waals surface area contributed by atoms with Gasteiger partial charge in [-0.25, -0.2) is 9.79 Å². The summed E-state index contributed by atoms with van der Waals surface area (Å²) in [6.45, 7) is 4.71. The molecule has 2 heterocycles. The van der Waals surface area contributed by atoms with Crippen LogP contribution in [0.15, 0.2) is 64.0 Å². The van der Waals surface area contributed by atoms with E-state index < -0.39 is 12.0 Å². The van der Waals surface area contributed by atoms with Crippen LogP contribution < -0.4 is 29.3 Å². The van der Waals surface area contributed by atoms with Crippen molar-refractivity contribution in [3.05, 3.63) is 85.1 Å². The van der Waals surface area contributed by atoms with Crippen molar-refractivity contribution in [2.45, 2.75) is 19.9 Å². The van der Waals surface area contributed by atoms with Crippen LogP contribution in [-0.2, 0) is 9.53 Å². The standard InChI is InChI=1S/C27H29N3O5S/c1-6-34-21-13-10-18(15-22(21)35-7-2)24-20(26(32)33-5)16-28-27-30(24)25(31)23(36-27)14-17-8-11-19(12-9-17)29(3)4/h8-16,24H,6-7H2,1-5H3/b23-14-/t24-/m1/s1. The zero-order valence-corrected chi connectivity index (χ0v) is 21.8. The summed E-state index contributed by atoms with van der Waals surface area (Å²) in [6, 6.07) is 12.6. The lowest BCUT2D eigenvalue weighted by molar-refractivity contribution is -0.136. The number of ether oxygens (including phenoxy) is 3. The predicted octanol–water partition coefficient (Wildman–Crippen LogP) is 2.88. The van der Waals surface area contributed by atoms with E-state index in [0.29, 0.717) is 39.6 Å². The monoisotopic (exact) mass is 507 g/mol. The molecule has 1 aromatic heterocycles. The molecule has 36 heavy (non-hydrogen) atoms. The number of thiazole rings is 1. The Morgan fingerprint density at radius 1 is 1.08 bits per heavy atom. The molecular weight excluding hydrogens is 478 g/mol. The minimum Gasteiger partial charge on any atom is -0.490 e. The molecule has 3 aromatic rings. The second-order valence-electron chi connectivity index (χ2n) is 8.23. The predicted molar refractivity (Wildman–Crippen MR) is 141 cm³/mol. The van der Waals surface area contributed by atoms with Crippen LogP contribution in [0.2, 0.25) is 0 Å². The molecule has 9 heteroatoms. The first-order chi connectivity index (χ1) is 17.4. The smallest absolute Gasteiger partial charge is 0.337 e. The van der Waals surface area contributed by atoms with Crippen LogP contribution in [0.4, 0.5) is 5.69 Å². The maximum Gasteiger partial charge on any atom is 0.337 e. The highest BCUT2D eigenvalue weighted by atomic mass is 32.1. The Labute approximate surface area is 213 Å². The highest BCUT2D eigenvalue weighted by Gasteiger charge is 2.31. The summed E-state index contributed by atoms with van der Waals surface area (Å²) in [5.41, 5.74) is 2.68. The van der Waals surface area contributed by atoms with Crippen LogP contribution >= 0.6 is 11.3 Å². The second kappa shape index (κ2) is 10.8. The van der Waals surface area contributed by atoms with Crippen molar-refractivity contribution in [3.63, 3.8) is 0 Å². The largest absolute Gasteiger partial charge is 0.490 e. The van der Waals surface area contributed by atoms with Crippen molar-refractivity contribution in [1.29, 1.82) is 0 Å². The third kappa shape index (κ3) is 4.92. The van der Waals surface area contributed by atoms with Crippen molar-refractivity contribution in [2.24, 2.45) is 4.99 Å². The average molecular weight is 508 g/mol. The van der Waals surface area contributed by atoms with Gasteiger partial charge in [-0.3, -0.25) is 9.36 Å². The fraction of sp³-hybridized carbons (Fsp3) is 0.296. The molecule has 0 aliphatic carbocycles. The number of hydrogen-bond acceptors (Lipinski definition) is 8. The number of carbonyl (C=O) groups is 1. The molecule has 1 atom stereocenters. The van der Waals surface area contributed by atoms with Gasteiger partial charge in [-0.1, -0.05) is 29.5 Å². The molecule has 0 N–H and O–H groups in total. The first kappa shape index (κ1) is 25.2. The zero-order valence-electron chi connectivity index (χ0n) is 21.0. The lowest BCUT2D eigenvalue weighted by Gasteiger charge is -2.23. The molecule has 8 nitrogen and oxygen atoms in total. The SMILES string of the molecule is CCOc1ccc([C@@H]2C(C(=O)OC)=CN=c3s/c(=C\c4ccc(N(C)C)cc4)c(=O)n32)cc1OCC. The summed E-state index contributed by atoms with van der Waals surface area (Å²) in [5.74, 6) is 0.589. The highest BCUT2D eigenvalue weighted by Crippen LogP contribution is 2.35. The second-order valence-corrected chi connectivity index (χ2v) is 9.24. The summed E-state index contributed by atoms with van der Waals surface area (Å²) < 4.78 is 18.6. The number of rotatable bonds is 8. The van der Waals surface area contributed by atoms with E-state index in [0.717, 1.165) is 11.3 Å². The Hall–Kier alpha value is -3.85. The molecule has 0 saturated heterocycles. The van der Waals surface area contributed by atoms with E-state index in [1.54, 1.807) is 16.7 Å². The lowest BCUT2D eigenvalue weighted by atomic mass is 9.97. The van der Waals surface area contributed by atoms with Gasteiger partial charge in [0.05, 0.1) is 36.5 Å². The number of aromatic nitrogens is 1. The third-order valence-corrected chi connectivity index (χ3v) is 6.71. The van der Waals surface area contributed by atoms with Gasteiger partial charge in [-0.15, -0.1) is 0 Å². The molecule has 0 radical (unpaired) electrons. The molecule has 0 fully saturated rings. The number of carbonyl (C=O) groups excluding carboxylic acids is 1. The van der Waals surface area contributed by atoms with Crippen molar-refractivity contribution in [1.82, 2.24) is 4.57 Å². The Balaban J connectivity index is 1.86. The topological polar surface area (TPSA) is 82.4 Å². The Morgan fingerprint density at radius 3 is 2.42 bits per heavy atom. The number of methoxy groups -OCH3 is 1. The zero-order chi connectivity index (χ0) is 25.8. The summed E-state index contributed by atoms with van der Waals surface area (Å²) in [4.78, 5) is 33.3. The van der Waals surface area contributed by atoms with Gasteiger partial charge in [0.2, 0.25) is 0 Å². The van der Waals surface area contributed by atoms with Crippen LogP contribution in [0.1, 0.15) is 31.0 Å². The number of nitrogens with zero attached hydrogens (tertiary/aromatic N) is 3. The normalized spacial score (nSPS) is 15.0. The van der Waals surface area contributed by atoms with E-state index in [-0.39, 0.29) is 11.1 Å². The van der Waals surface area contributed by atoms with Gasteiger partial charge in [0.1, 0.15) is 0 Å². The Morgan fingerprint density at radius 2 is 1.78 bits per heavy atom. The Bertz CT molecular complexity index is 1470. The van der Waals surface area contributed by atoms with E-state index in [1.807, 2.05) is 69.3 Å². The summed E-state index contributed by atoms with van der Waals surface area (Å²) in [5, 5.41) is 0. The van der Waals surface area contributed by atoms with Crippen LogP contribution in [0.25, 0.3) is 6.08 Å². The van der Waals surface area contributed by atoms with Crippen LogP contribution in [0.3, 0.4) is 0 Å². The molecule has 0 unspecified atom stereocenters. The van der Waals surface area contributed by atoms with Gasteiger partial charge in [0.15, 0.2) is 16.3 Å². The molecule has 2 aromatic carbocycles. The molecule has 188 valence electrons. The van der Waals surface area contributed by atoms with Crippen molar-refractivity contribution < 1.29 is 19.0 Å². The summed E-state index contributed by atoms with van der Waals surface area (Å²) >= 11 is 1.28. The number of benzene rings is 2. The molecule has 4 rings (SSSR count). The third-order valence-electron chi connectivity index (χ3n) is 5.72. The molecule has 0 bridgehead atoms. The van der Waals surface area contributed by atoms with Gasteiger partial charge in [0, 0.05) is 26.0 Å². The molecule has 1 aliphatic rings. The fourth-order valence-electron chi connectivity index (χ4n) is 4.01. The fourth-order valence-corrected chi connectivity index (χ4v) is 4.98. The number of anilines is 1. The van der Waals surface area contributed by atoms with Crippen molar-refractivity contribution >= 4 is 29.1 Å². The highest BCUT2D eigenvalue weighted by molar-refractivity contribution is 7.07. The minimum absolute atomic E-state index is 0.234. The first-order valence-corrected chi connectivity index (χ1v) is 12.5. The lowest BCUT2D eigenvalue weighted by Crippen LogP contribution is -2.39. The van der Waals surface area contributed by atoms with Crippen molar-refractivity contribution in [3.8, 4) is 11.5 Å². The van der Waals surface area contributed by atoms with Gasteiger partial charge in [0.25, 0.3) is 5.56 Å². The molecule has 0 spiro atoms. The van der Waals surface area contributed by atoms with Crippen LogP contribution in [-0.4, -0.2) is 45.0 Å². The number of hydrogen-bond donors (Lipinski definition) is 0. The minimum atomic E-state index is -0.721. The van der Waals surface area contributed by atoms with E-state index in [2.05, 4.69) is 4.99 Å². The van der Waals surface area contributed by atoms with Crippen molar-refractivity contribution in [2.75, 3.05) is 39.3 Å². The van der Waals surface area contributed by atoms with Gasteiger partial charge < -0.3 is 19.1 Å². The molecule has 1 aliphatic heterocycles. The van der Waals surface area contributed by atoms with E-state index in [9.17, 15) is 9.59 Å². The van der Waals surface area contributed by atoms with E-state index >= 15 is 0 Å². The average Bonchev–Trinajstić information content (AvgIpc) is 3.19. The molecule has 0 amide bonds. The van der Waals surface area contributed by atoms with Crippen LogP contribution in [0.5, 0.6) is 11.5 Å². The van der Waals surface area contributed by atoms with Crippen LogP contribution in [0, 0.1) is 0 Å². The van der Waals surface area contributed by atoms with Gasteiger partial charge >= 0.3 is 5.97 Å². The maximum atomic E-state index is 13.7. The molecule has 0 saturated carbocycles. The summed E-state index contributed by atoms with van der Waals surface area (Å²) in [6.07, 6.45) is 3.32. The summed E-state index contributed by atoms with van der Waals surface area (Å²) in [7, 11) is 5.26. The first-order valence-electron chi connectivity index (χ1n) is 11.6. The van der Waals surface area contributed by atoms with E-state index in [4.69, 9.17) is 14.2 Å². The Kier molecular flexibility index (Phi) is 7.59. The van der Waals surface area contributed by atoms with E-state index in [1.165, 1.54) is 24.6 Å². The van der Waals surface area contributed by atoms with Gasteiger partial charge in [-0.05, 0) is 55.3 Å². The van der Waals surface area contributed by atoms with Gasteiger partial charge in [-0.2, -0.15) is 0 Å².